The molecule has 3 rings (SSSR count). The number of aromatic nitrogens is 1. The van der Waals surface area contributed by atoms with Gasteiger partial charge in [-0.15, -0.1) is 0 Å². The second kappa shape index (κ2) is 5.90. The minimum atomic E-state index is -0.410. The van der Waals surface area contributed by atoms with Gasteiger partial charge in [0.25, 0.3) is 5.91 Å². The molecule has 1 fully saturated rings. The molecule has 0 spiro atoms. The molecule has 1 aromatic carbocycles. The van der Waals surface area contributed by atoms with Gasteiger partial charge < -0.3 is 14.5 Å². The highest BCUT2D eigenvalue weighted by Gasteiger charge is 2.29. The Balaban J connectivity index is 1.83. The van der Waals surface area contributed by atoms with Crippen molar-refractivity contribution in [3.8, 4) is 0 Å². The highest BCUT2D eigenvalue weighted by molar-refractivity contribution is 9.10. The number of carbonyl (C=O) groups is 1. The van der Waals surface area contributed by atoms with Crippen molar-refractivity contribution in [3.63, 3.8) is 0 Å². The van der Waals surface area contributed by atoms with Crippen LogP contribution in [0.4, 0.5) is 5.13 Å². The molecule has 2 heterocycles. The van der Waals surface area contributed by atoms with Crippen molar-refractivity contribution in [1.29, 1.82) is 0 Å². The van der Waals surface area contributed by atoms with E-state index < -0.39 is 6.10 Å². The normalized spacial score (nSPS) is 19.0. The summed E-state index contributed by atoms with van der Waals surface area (Å²) in [6, 6.07) is 6.06. The summed E-state index contributed by atoms with van der Waals surface area (Å²) in [4.78, 5) is 20.4. The van der Waals surface area contributed by atoms with Gasteiger partial charge in [0.1, 0.15) is 0 Å². The molecule has 1 aromatic heterocycles. The Morgan fingerprint density at radius 1 is 1.52 bits per heavy atom. The summed E-state index contributed by atoms with van der Waals surface area (Å²) in [5, 5.41) is 0.947. The molecule has 21 heavy (non-hydrogen) atoms. The lowest BCUT2D eigenvalue weighted by Crippen LogP contribution is -2.49. The fourth-order valence-corrected chi connectivity index (χ4v) is 3.83. The van der Waals surface area contributed by atoms with Gasteiger partial charge in [-0.2, -0.15) is 0 Å². The summed E-state index contributed by atoms with van der Waals surface area (Å²) in [7, 11) is 3.50. The molecule has 1 amide bonds. The number of carbonyl (C=O) groups excluding carboxylic acids is 1. The van der Waals surface area contributed by atoms with Crippen LogP contribution in [0.1, 0.15) is 0 Å². The van der Waals surface area contributed by atoms with Crippen LogP contribution in [0.25, 0.3) is 10.2 Å². The number of rotatable bonds is 2. The van der Waals surface area contributed by atoms with E-state index in [1.807, 2.05) is 12.1 Å². The summed E-state index contributed by atoms with van der Waals surface area (Å²) >= 11 is 5.12. The van der Waals surface area contributed by atoms with Gasteiger partial charge in [0, 0.05) is 25.1 Å². The summed E-state index contributed by atoms with van der Waals surface area (Å²) in [5.74, 6) is 0.00329. The van der Waals surface area contributed by atoms with E-state index in [4.69, 9.17) is 4.74 Å². The van der Waals surface area contributed by atoms with E-state index in [2.05, 4.69) is 31.9 Å². The maximum atomic E-state index is 12.0. The summed E-state index contributed by atoms with van der Waals surface area (Å²) < 4.78 is 7.77. The number of nitrogens with zero attached hydrogens (tertiary/aromatic N) is 3. The standard InChI is InChI=1S/C14H16BrN3O2S/c1-17(2)13(19)11-8-18(5-6-20-11)14-16-10-4-3-9(15)7-12(10)21-14/h3-4,7,11H,5-6,8H2,1-2H3. The maximum absolute atomic E-state index is 12.0. The number of amides is 1. The summed E-state index contributed by atoms with van der Waals surface area (Å²) in [6.45, 7) is 1.86. The third kappa shape index (κ3) is 3.04. The van der Waals surface area contributed by atoms with Crippen molar-refractivity contribution in [3.05, 3.63) is 22.7 Å². The van der Waals surface area contributed by atoms with E-state index in [1.54, 1.807) is 30.3 Å². The molecular formula is C14H16BrN3O2S. The first-order chi connectivity index (χ1) is 10.0. The number of likely N-dealkylation sites (N-methyl/N-ethyl adjacent to an activating group) is 1. The first kappa shape index (κ1) is 14.7. The molecule has 1 unspecified atom stereocenters. The van der Waals surface area contributed by atoms with Crippen molar-refractivity contribution >= 4 is 48.5 Å². The number of halogens is 1. The monoisotopic (exact) mass is 369 g/mol. The Bertz CT molecular complexity index is 673. The fourth-order valence-electron chi connectivity index (χ4n) is 2.28. The molecule has 7 heteroatoms. The van der Waals surface area contributed by atoms with Crippen LogP contribution in [0.15, 0.2) is 22.7 Å². The van der Waals surface area contributed by atoms with Crippen LogP contribution < -0.4 is 4.90 Å². The number of hydrogen-bond acceptors (Lipinski definition) is 5. The van der Waals surface area contributed by atoms with Crippen molar-refractivity contribution in [2.24, 2.45) is 0 Å². The molecule has 0 bridgehead atoms. The largest absolute Gasteiger partial charge is 0.365 e. The average Bonchev–Trinajstić information content (AvgIpc) is 2.89. The highest BCUT2D eigenvalue weighted by atomic mass is 79.9. The van der Waals surface area contributed by atoms with Crippen LogP contribution in [0.3, 0.4) is 0 Å². The van der Waals surface area contributed by atoms with Gasteiger partial charge in [0.05, 0.1) is 23.4 Å². The molecule has 1 atom stereocenters. The molecule has 1 aliphatic heterocycles. The predicted molar refractivity (Wildman–Crippen MR) is 88.0 cm³/mol. The van der Waals surface area contributed by atoms with Gasteiger partial charge in [-0.3, -0.25) is 4.79 Å². The lowest BCUT2D eigenvalue weighted by Gasteiger charge is -2.33. The van der Waals surface area contributed by atoms with E-state index in [1.165, 1.54) is 0 Å². The Morgan fingerprint density at radius 3 is 3.10 bits per heavy atom. The molecule has 0 saturated carbocycles. The SMILES string of the molecule is CN(C)C(=O)C1CN(c2nc3ccc(Br)cc3s2)CCO1. The van der Waals surface area contributed by atoms with Crippen LogP contribution in [-0.4, -0.2) is 55.7 Å². The number of morpholine rings is 1. The number of benzene rings is 1. The molecule has 0 aliphatic carbocycles. The number of thiazole rings is 1. The molecule has 2 aromatic rings. The summed E-state index contributed by atoms with van der Waals surface area (Å²) in [6.07, 6.45) is -0.410. The Kier molecular flexibility index (Phi) is 4.14. The lowest BCUT2D eigenvalue weighted by molar-refractivity contribution is -0.141. The number of anilines is 1. The Labute approximate surface area is 135 Å². The maximum Gasteiger partial charge on any atom is 0.253 e. The third-order valence-corrected chi connectivity index (χ3v) is 4.96. The zero-order valence-electron chi connectivity index (χ0n) is 11.9. The van der Waals surface area contributed by atoms with Crippen LogP contribution in [0.5, 0.6) is 0 Å². The topological polar surface area (TPSA) is 45.7 Å². The first-order valence-electron chi connectivity index (χ1n) is 6.68. The van der Waals surface area contributed by atoms with Crippen LogP contribution in [-0.2, 0) is 9.53 Å². The smallest absolute Gasteiger partial charge is 0.253 e. The van der Waals surface area contributed by atoms with E-state index >= 15 is 0 Å². The zero-order chi connectivity index (χ0) is 15.0. The summed E-state index contributed by atoms with van der Waals surface area (Å²) in [5.41, 5.74) is 0.986. The Hall–Kier alpha value is -1.18. The second-order valence-corrected chi connectivity index (χ2v) is 7.07. The average molecular weight is 370 g/mol. The van der Waals surface area contributed by atoms with Crippen molar-refractivity contribution in [2.45, 2.75) is 6.10 Å². The molecule has 0 N–H and O–H groups in total. The van der Waals surface area contributed by atoms with E-state index in [9.17, 15) is 4.79 Å². The quantitative estimate of drug-likeness (QED) is 0.814. The molecule has 112 valence electrons. The van der Waals surface area contributed by atoms with Gasteiger partial charge in [-0.1, -0.05) is 27.3 Å². The zero-order valence-corrected chi connectivity index (χ0v) is 14.3. The van der Waals surface area contributed by atoms with E-state index in [-0.39, 0.29) is 5.91 Å². The molecular weight excluding hydrogens is 354 g/mol. The van der Waals surface area contributed by atoms with Gasteiger partial charge >= 0.3 is 0 Å². The molecule has 5 nitrogen and oxygen atoms in total. The van der Waals surface area contributed by atoms with Crippen molar-refractivity contribution < 1.29 is 9.53 Å². The van der Waals surface area contributed by atoms with Gasteiger partial charge in [-0.05, 0) is 18.2 Å². The number of fused-ring (bicyclic) bond motifs is 1. The molecule has 1 aliphatic rings. The van der Waals surface area contributed by atoms with E-state index in [0.29, 0.717) is 13.2 Å². The predicted octanol–water partition coefficient (Wildman–Crippen LogP) is 2.35. The van der Waals surface area contributed by atoms with Gasteiger partial charge in [0.15, 0.2) is 11.2 Å². The minimum Gasteiger partial charge on any atom is -0.365 e. The van der Waals surface area contributed by atoms with Gasteiger partial charge in [-0.25, -0.2) is 4.98 Å². The third-order valence-electron chi connectivity index (χ3n) is 3.39. The number of ether oxygens (including phenoxy) is 1. The van der Waals surface area contributed by atoms with Crippen LogP contribution in [0, 0.1) is 0 Å². The van der Waals surface area contributed by atoms with Crippen LogP contribution in [0.2, 0.25) is 0 Å². The Morgan fingerprint density at radius 2 is 2.33 bits per heavy atom. The molecule has 1 saturated heterocycles. The minimum absolute atomic E-state index is 0.00329. The molecule has 0 radical (unpaired) electrons. The van der Waals surface area contributed by atoms with Crippen molar-refractivity contribution in [1.82, 2.24) is 9.88 Å². The lowest BCUT2D eigenvalue weighted by atomic mass is 10.2. The van der Waals surface area contributed by atoms with Gasteiger partial charge in [0.2, 0.25) is 0 Å². The number of hydrogen-bond donors (Lipinski definition) is 0. The fraction of sp³-hybridized carbons (Fsp3) is 0.429. The highest BCUT2D eigenvalue weighted by Crippen LogP contribution is 2.31. The van der Waals surface area contributed by atoms with E-state index in [0.717, 1.165) is 26.4 Å². The first-order valence-corrected chi connectivity index (χ1v) is 8.29. The van der Waals surface area contributed by atoms with Crippen LogP contribution >= 0.6 is 27.3 Å². The van der Waals surface area contributed by atoms with Crippen molar-refractivity contribution in [2.75, 3.05) is 38.7 Å². The second-order valence-electron chi connectivity index (χ2n) is 5.15.